The Morgan fingerprint density at radius 2 is 1.29 bits per heavy atom. The molecule has 0 bridgehead atoms. The van der Waals surface area contributed by atoms with Gasteiger partial charge in [-0.3, -0.25) is 9.78 Å². The van der Waals surface area contributed by atoms with Crippen molar-refractivity contribution in [3.05, 3.63) is 89.2 Å². The lowest BCUT2D eigenvalue weighted by Gasteiger charge is -2.19. The second-order valence-corrected chi connectivity index (χ2v) is 6.85. The largest absolute Gasteiger partial charge is 0.416 e. The standard InChI is InChI=1S/C22H16F6N2O/c1-13(17-10-18(21(23,24)25)12-19(11-17)22(26,27)28)30-20(31)16-4-2-14(3-5-16)15-6-8-29-9-7-15/h2-13H,1H3,(H,30,31)/t13-/m1/s1. The summed E-state index contributed by atoms with van der Waals surface area (Å²) in [5.74, 6) is -0.625. The lowest BCUT2D eigenvalue weighted by molar-refractivity contribution is -0.143. The van der Waals surface area contributed by atoms with Gasteiger partial charge in [-0.25, -0.2) is 0 Å². The molecule has 0 aliphatic heterocycles. The number of hydrogen-bond donors (Lipinski definition) is 1. The van der Waals surface area contributed by atoms with E-state index < -0.39 is 35.4 Å². The van der Waals surface area contributed by atoms with Crippen molar-refractivity contribution < 1.29 is 31.1 Å². The number of amides is 1. The predicted octanol–water partition coefficient (Wildman–Crippen LogP) is 6.28. The van der Waals surface area contributed by atoms with Gasteiger partial charge in [-0.2, -0.15) is 26.3 Å². The zero-order valence-electron chi connectivity index (χ0n) is 16.1. The van der Waals surface area contributed by atoms with Crippen molar-refractivity contribution in [2.75, 3.05) is 0 Å². The molecule has 0 aliphatic carbocycles. The minimum absolute atomic E-state index is 0.0515. The van der Waals surface area contributed by atoms with Crippen LogP contribution in [0.3, 0.4) is 0 Å². The summed E-state index contributed by atoms with van der Waals surface area (Å²) in [6.45, 7) is 1.32. The summed E-state index contributed by atoms with van der Waals surface area (Å²) < 4.78 is 78.3. The topological polar surface area (TPSA) is 42.0 Å². The Balaban J connectivity index is 1.82. The molecule has 0 saturated heterocycles. The van der Waals surface area contributed by atoms with Crippen LogP contribution in [0.25, 0.3) is 11.1 Å². The van der Waals surface area contributed by atoms with Crippen LogP contribution in [0.4, 0.5) is 26.3 Å². The molecule has 0 saturated carbocycles. The Kier molecular flexibility index (Phi) is 6.06. The second-order valence-electron chi connectivity index (χ2n) is 6.85. The van der Waals surface area contributed by atoms with E-state index in [-0.39, 0.29) is 17.2 Å². The van der Waals surface area contributed by atoms with Crippen molar-refractivity contribution >= 4 is 5.91 Å². The van der Waals surface area contributed by atoms with Crippen molar-refractivity contribution in [3.63, 3.8) is 0 Å². The van der Waals surface area contributed by atoms with E-state index in [1.807, 2.05) is 0 Å². The number of rotatable bonds is 4. The Labute approximate surface area is 173 Å². The second kappa shape index (κ2) is 8.41. The molecule has 3 rings (SSSR count). The van der Waals surface area contributed by atoms with Crippen LogP contribution in [0.1, 0.15) is 40.0 Å². The Hall–Kier alpha value is -3.36. The molecule has 3 nitrogen and oxygen atoms in total. The maximum Gasteiger partial charge on any atom is 0.416 e. The molecule has 3 aromatic rings. The molecule has 2 aromatic carbocycles. The van der Waals surface area contributed by atoms with Crippen molar-refractivity contribution in [1.29, 1.82) is 0 Å². The van der Waals surface area contributed by atoms with Crippen LogP contribution in [0.5, 0.6) is 0 Å². The number of benzene rings is 2. The molecule has 1 aromatic heterocycles. The van der Waals surface area contributed by atoms with Crippen molar-refractivity contribution in [2.24, 2.45) is 0 Å². The zero-order valence-corrected chi connectivity index (χ0v) is 16.1. The number of alkyl halides is 6. The normalized spacial score (nSPS) is 13.0. The first-order valence-corrected chi connectivity index (χ1v) is 9.06. The quantitative estimate of drug-likeness (QED) is 0.488. The number of carbonyl (C=O) groups excluding carboxylic acids is 1. The fourth-order valence-electron chi connectivity index (χ4n) is 2.95. The first-order valence-electron chi connectivity index (χ1n) is 9.06. The van der Waals surface area contributed by atoms with E-state index in [0.29, 0.717) is 12.1 Å². The third kappa shape index (κ3) is 5.42. The molecule has 1 atom stereocenters. The molecule has 0 spiro atoms. The highest BCUT2D eigenvalue weighted by atomic mass is 19.4. The number of halogens is 6. The van der Waals surface area contributed by atoms with E-state index in [4.69, 9.17) is 0 Å². The smallest absolute Gasteiger partial charge is 0.346 e. The van der Waals surface area contributed by atoms with Gasteiger partial charge < -0.3 is 5.32 Å². The molecular formula is C22H16F6N2O. The first kappa shape index (κ1) is 22.3. The summed E-state index contributed by atoms with van der Waals surface area (Å²) >= 11 is 0. The molecule has 0 fully saturated rings. The summed E-state index contributed by atoms with van der Waals surface area (Å²) in [6.07, 6.45) is -6.69. The number of aromatic nitrogens is 1. The summed E-state index contributed by atoms with van der Waals surface area (Å²) in [4.78, 5) is 16.4. The summed E-state index contributed by atoms with van der Waals surface area (Å²) in [6, 6.07) is 10.1. The third-order valence-corrected chi connectivity index (χ3v) is 4.62. The molecule has 31 heavy (non-hydrogen) atoms. The van der Waals surface area contributed by atoms with E-state index in [0.717, 1.165) is 11.1 Å². The van der Waals surface area contributed by atoms with E-state index >= 15 is 0 Å². The monoisotopic (exact) mass is 438 g/mol. The van der Waals surface area contributed by atoms with Crippen LogP contribution in [0.2, 0.25) is 0 Å². The molecule has 1 amide bonds. The van der Waals surface area contributed by atoms with E-state index in [9.17, 15) is 31.1 Å². The number of hydrogen-bond acceptors (Lipinski definition) is 2. The van der Waals surface area contributed by atoms with Gasteiger partial charge in [0.1, 0.15) is 0 Å². The summed E-state index contributed by atoms with van der Waals surface area (Å²) in [7, 11) is 0. The van der Waals surface area contributed by atoms with Gasteiger partial charge in [0.2, 0.25) is 0 Å². The van der Waals surface area contributed by atoms with E-state index in [2.05, 4.69) is 10.3 Å². The Morgan fingerprint density at radius 1 is 0.806 bits per heavy atom. The van der Waals surface area contributed by atoms with Crippen LogP contribution >= 0.6 is 0 Å². The molecule has 162 valence electrons. The van der Waals surface area contributed by atoms with Crippen LogP contribution in [0, 0.1) is 0 Å². The average molecular weight is 438 g/mol. The van der Waals surface area contributed by atoms with Crippen LogP contribution in [0.15, 0.2) is 67.0 Å². The first-order chi connectivity index (χ1) is 14.4. The SMILES string of the molecule is C[C@@H](NC(=O)c1ccc(-c2ccncc2)cc1)c1cc(C(F)(F)F)cc(C(F)(F)F)c1. The van der Waals surface area contributed by atoms with Gasteiger partial charge in [0.05, 0.1) is 17.2 Å². The minimum atomic E-state index is -4.96. The number of carbonyl (C=O) groups is 1. The predicted molar refractivity (Wildman–Crippen MR) is 102 cm³/mol. The minimum Gasteiger partial charge on any atom is -0.346 e. The molecule has 1 heterocycles. The lowest BCUT2D eigenvalue weighted by atomic mass is 10.00. The fraction of sp³-hybridized carbons (Fsp3) is 0.182. The van der Waals surface area contributed by atoms with Crippen molar-refractivity contribution in [3.8, 4) is 11.1 Å². The van der Waals surface area contributed by atoms with Gasteiger partial charge in [0.15, 0.2) is 0 Å². The van der Waals surface area contributed by atoms with Gasteiger partial charge >= 0.3 is 12.4 Å². The van der Waals surface area contributed by atoms with E-state index in [1.165, 1.54) is 19.1 Å². The maximum absolute atomic E-state index is 13.0. The van der Waals surface area contributed by atoms with Gasteiger partial charge in [-0.05, 0) is 66.1 Å². The average Bonchev–Trinajstić information content (AvgIpc) is 2.73. The molecule has 0 aliphatic rings. The molecule has 0 unspecified atom stereocenters. The highest BCUT2D eigenvalue weighted by Gasteiger charge is 2.37. The summed E-state index contributed by atoms with van der Waals surface area (Å²) in [5, 5.41) is 2.45. The molecule has 9 heteroatoms. The van der Waals surface area contributed by atoms with Gasteiger partial charge in [-0.1, -0.05) is 12.1 Å². The summed E-state index contributed by atoms with van der Waals surface area (Å²) in [5.41, 5.74) is -1.25. The van der Waals surface area contributed by atoms with Gasteiger partial charge in [0.25, 0.3) is 5.91 Å². The third-order valence-electron chi connectivity index (χ3n) is 4.62. The number of pyridine rings is 1. The molecule has 0 radical (unpaired) electrons. The van der Waals surface area contributed by atoms with Crippen LogP contribution < -0.4 is 5.32 Å². The molecular weight excluding hydrogens is 422 g/mol. The Bertz CT molecular complexity index is 1030. The molecule has 1 N–H and O–H groups in total. The number of nitrogens with one attached hydrogen (secondary N) is 1. The maximum atomic E-state index is 13.0. The van der Waals surface area contributed by atoms with Crippen molar-refractivity contribution in [1.82, 2.24) is 10.3 Å². The number of nitrogens with zero attached hydrogens (tertiary/aromatic N) is 1. The van der Waals surface area contributed by atoms with E-state index in [1.54, 1.807) is 36.7 Å². The Morgan fingerprint density at radius 3 is 1.77 bits per heavy atom. The lowest BCUT2D eigenvalue weighted by Crippen LogP contribution is -2.27. The van der Waals surface area contributed by atoms with Gasteiger partial charge in [-0.15, -0.1) is 0 Å². The van der Waals surface area contributed by atoms with Gasteiger partial charge in [0, 0.05) is 18.0 Å². The van der Waals surface area contributed by atoms with Crippen LogP contribution in [-0.2, 0) is 12.4 Å². The zero-order chi connectivity index (χ0) is 22.8. The fourth-order valence-corrected chi connectivity index (χ4v) is 2.95. The van der Waals surface area contributed by atoms with Crippen LogP contribution in [-0.4, -0.2) is 10.9 Å². The highest BCUT2D eigenvalue weighted by molar-refractivity contribution is 5.95. The highest BCUT2D eigenvalue weighted by Crippen LogP contribution is 2.37. The van der Waals surface area contributed by atoms with Crippen molar-refractivity contribution in [2.45, 2.75) is 25.3 Å².